The molecule has 0 saturated heterocycles. The third kappa shape index (κ3) is 3.79. The summed E-state index contributed by atoms with van der Waals surface area (Å²) in [6, 6.07) is 0.882. The molecule has 0 saturated carbocycles. The molecule has 1 amide bonds. The summed E-state index contributed by atoms with van der Waals surface area (Å²) in [6.07, 6.45) is 2.11. The van der Waals surface area contributed by atoms with Crippen LogP contribution in [-0.2, 0) is 0 Å². The van der Waals surface area contributed by atoms with Gasteiger partial charge >= 0.3 is 6.09 Å². The highest BCUT2D eigenvalue weighted by Gasteiger charge is 2.35. The van der Waals surface area contributed by atoms with Crippen LogP contribution in [0.4, 0.5) is 9.18 Å². The monoisotopic (exact) mass is 344 g/mol. The minimum absolute atomic E-state index is 0.233. The first-order valence-electron chi connectivity index (χ1n) is 6.12. The van der Waals surface area contributed by atoms with Crippen molar-refractivity contribution in [2.75, 3.05) is 0 Å². The van der Waals surface area contributed by atoms with Gasteiger partial charge < -0.3 is 5.11 Å². The van der Waals surface area contributed by atoms with E-state index in [9.17, 15) is 14.3 Å². The van der Waals surface area contributed by atoms with Crippen LogP contribution in [0.2, 0.25) is 0 Å². The second-order valence-electron chi connectivity index (χ2n) is 5.40. The van der Waals surface area contributed by atoms with Crippen molar-refractivity contribution >= 4 is 22.0 Å². The minimum atomic E-state index is -1.11. The van der Waals surface area contributed by atoms with Gasteiger partial charge in [-0.15, -0.1) is 6.58 Å². The van der Waals surface area contributed by atoms with Crippen molar-refractivity contribution < 1.29 is 14.3 Å². The highest BCUT2D eigenvalue weighted by atomic mass is 79.9. The molecule has 1 heterocycles. The van der Waals surface area contributed by atoms with Crippen LogP contribution in [0, 0.1) is 5.95 Å². The number of hydrogen-bond acceptors (Lipinski definition) is 2. The van der Waals surface area contributed by atoms with E-state index in [1.165, 1.54) is 11.1 Å². The van der Waals surface area contributed by atoms with Crippen LogP contribution in [0.15, 0.2) is 29.4 Å². The number of rotatable bonds is 4. The van der Waals surface area contributed by atoms with Gasteiger partial charge in [-0.2, -0.15) is 4.39 Å². The van der Waals surface area contributed by atoms with Gasteiger partial charge in [0, 0.05) is 21.8 Å². The zero-order chi connectivity index (χ0) is 15.5. The Balaban J connectivity index is 3.38. The zero-order valence-corrected chi connectivity index (χ0v) is 13.3. The fraction of sp³-hybridized carbons (Fsp3) is 0.429. The molecule has 0 unspecified atom stereocenters. The highest BCUT2D eigenvalue weighted by Crippen LogP contribution is 2.33. The molecule has 0 aliphatic heterocycles. The summed E-state index contributed by atoms with van der Waals surface area (Å²) in [4.78, 5) is 16.4. The molecular weight excluding hydrogens is 327 g/mol. The normalized spacial score (nSPS) is 12.8. The van der Waals surface area contributed by atoms with Crippen molar-refractivity contribution in [2.24, 2.45) is 0 Å². The average Bonchev–Trinajstić information content (AvgIpc) is 2.29. The Hall–Kier alpha value is -1.43. The summed E-state index contributed by atoms with van der Waals surface area (Å²) in [5.74, 6) is -0.671. The van der Waals surface area contributed by atoms with Crippen molar-refractivity contribution in [3.8, 4) is 0 Å². The molecule has 1 rings (SSSR count). The van der Waals surface area contributed by atoms with Gasteiger partial charge in [0.15, 0.2) is 0 Å². The molecule has 1 N–H and O–H groups in total. The average molecular weight is 345 g/mol. The predicted molar refractivity (Wildman–Crippen MR) is 79.1 cm³/mol. The Morgan fingerprint density at radius 3 is 2.70 bits per heavy atom. The Morgan fingerprint density at radius 1 is 1.65 bits per heavy atom. The molecule has 20 heavy (non-hydrogen) atoms. The standard InChI is InChI=1S/C14H18BrFN2O2/c1-5-6-11(18(13(19)20)14(2,3)4)10-7-9(15)8-17-12(10)16/h5,7-8,11H,1,6H2,2-4H3,(H,19,20)/t11-/m0/s1. The summed E-state index contributed by atoms with van der Waals surface area (Å²) in [7, 11) is 0. The third-order valence-corrected chi connectivity index (χ3v) is 3.26. The number of pyridine rings is 1. The maximum atomic E-state index is 14.0. The fourth-order valence-electron chi connectivity index (χ4n) is 2.09. The lowest BCUT2D eigenvalue weighted by Gasteiger charge is -2.39. The fourth-order valence-corrected chi connectivity index (χ4v) is 2.44. The Morgan fingerprint density at radius 2 is 2.25 bits per heavy atom. The molecule has 0 spiro atoms. The molecule has 110 valence electrons. The molecule has 6 heteroatoms. The van der Waals surface area contributed by atoms with Crippen LogP contribution in [0.1, 0.15) is 38.8 Å². The summed E-state index contributed by atoms with van der Waals surface area (Å²) in [5.41, 5.74) is -0.439. The number of amides is 1. The van der Waals surface area contributed by atoms with Gasteiger partial charge in [-0.1, -0.05) is 6.08 Å². The molecule has 0 aromatic carbocycles. The van der Waals surface area contributed by atoms with E-state index in [4.69, 9.17) is 0 Å². The van der Waals surface area contributed by atoms with Crippen LogP contribution >= 0.6 is 15.9 Å². The number of halogens is 2. The van der Waals surface area contributed by atoms with E-state index in [0.717, 1.165) is 0 Å². The molecule has 1 atom stereocenters. The first kappa shape index (κ1) is 16.6. The summed E-state index contributed by atoms with van der Waals surface area (Å²) in [6.45, 7) is 8.92. The van der Waals surface area contributed by atoms with Gasteiger partial charge in [-0.25, -0.2) is 9.78 Å². The summed E-state index contributed by atoms with van der Waals surface area (Å²) < 4.78 is 14.6. The van der Waals surface area contributed by atoms with Crippen molar-refractivity contribution in [3.63, 3.8) is 0 Å². The van der Waals surface area contributed by atoms with E-state index in [0.29, 0.717) is 10.9 Å². The maximum Gasteiger partial charge on any atom is 0.408 e. The third-order valence-electron chi connectivity index (χ3n) is 2.82. The van der Waals surface area contributed by atoms with Crippen LogP contribution in [-0.4, -0.2) is 26.6 Å². The van der Waals surface area contributed by atoms with Gasteiger partial charge in [0.25, 0.3) is 0 Å². The predicted octanol–water partition coefficient (Wildman–Crippen LogP) is 4.38. The molecule has 0 aliphatic carbocycles. The smallest absolute Gasteiger partial charge is 0.408 e. The van der Waals surface area contributed by atoms with Gasteiger partial charge in [0.05, 0.1) is 6.04 Å². The largest absolute Gasteiger partial charge is 0.465 e. The second kappa shape index (κ2) is 6.35. The zero-order valence-electron chi connectivity index (χ0n) is 11.7. The second-order valence-corrected chi connectivity index (χ2v) is 6.31. The molecule has 0 bridgehead atoms. The summed E-state index contributed by atoms with van der Waals surface area (Å²) in [5, 5.41) is 9.46. The number of carbonyl (C=O) groups is 1. The van der Waals surface area contributed by atoms with Crippen molar-refractivity contribution in [3.05, 3.63) is 40.9 Å². The molecule has 1 aromatic rings. The lowest BCUT2D eigenvalue weighted by molar-refractivity contribution is 0.0691. The maximum absolute atomic E-state index is 14.0. The van der Waals surface area contributed by atoms with E-state index in [1.807, 2.05) is 0 Å². The lowest BCUT2D eigenvalue weighted by Crippen LogP contribution is -2.47. The Bertz CT molecular complexity index is 514. The molecule has 0 aliphatic rings. The highest BCUT2D eigenvalue weighted by molar-refractivity contribution is 9.10. The van der Waals surface area contributed by atoms with E-state index >= 15 is 0 Å². The van der Waals surface area contributed by atoms with Gasteiger partial charge in [0.1, 0.15) is 0 Å². The number of hydrogen-bond donors (Lipinski definition) is 1. The molecule has 0 radical (unpaired) electrons. The van der Waals surface area contributed by atoms with Crippen LogP contribution in [0.25, 0.3) is 0 Å². The number of carboxylic acid groups (broad SMARTS) is 1. The van der Waals surface area contributed by atoms with Crippen molar-refractivity contribution in [2.45, 2.75) is 38.8 Å². The molecular formula is C14H18BrFN2O2. The lowest BCUT2D eigenvalue weighted by atomic mass is 9.97. The summed E-state index contributed by atoms with van der Waals surface area (Å²) >= 11 is 3.23. The molecule has 0 fully saturated rings. The van der Waals surface area contributed by atoms with Crippen molar-refractivity contribution in [1.29, 1.82) is 0 Å². The van der Waals surface area contributed by atoms with E-state index < -0.39 is 23.6 Å². The van der Waals surface area contributed by atoms with Crippen molar-refractivity contribution in [1.82, 2.24) is 9.88 Å². The number of nitrogens with zero attached hydrogens (tertiary/aromatic N) is 2. The van der Waals surface area contributed by atoms with Gasteiger partial charge in [-0.3, -0.25) is 4.90 Å². The van der Waals surface area contributed by atoms with Crippen LogP contribution < -0.4 is 0 Å². The van der Waals surface area contributed by atoms with Crippen LogP contribution in [0.5, 0.6) is 0 Å². The Kier molecular flexibility index (Phi) is 5.28. The number of aromatic nitrogens is 1. The minimum Gasteiger partial charge on any atom is -0.465 e. The first-order valence-corrected chi connectivity index (χ1v) is 6.92. The quantitative estimate of drug-likeness (QED) is 0.651. The van der Waals surface area contributed by atoms with E-state index in [1.54, 1.807) is 32.9 Å². The van der Waals surface area contributed by atoms with E-state index in [2.05, 4.69) is 27.5 Å². The topological polar surface area (TPSA) is 53.4 Å². The van der Waals surface area contributed by atoms with Gasteiger partial charge in [-0.05, 0) is 49.2 Å². The van der Waals surface area contributed by atoms with Gasteiger partial charge in [0.2, 0.25) is 5.95 Å². The van der Waals surface area contributed by atoms with E-state index in [-0.39, 0.29) is 5.56 Å². The van der Waals surface area contributed by atoms with Crippen LogP contribution in [0.3, 0.4) is 0 Å². The molecule has 1 aromatic heterocycles. The Labute approximate surface area is 126 Å². The SMILES string of the molecule is C=CC[C@@H](c1cc(Br)cnc1F)N(C(=O)O)C(C)(C)C. The first-order chi connectivity index (χ1) is 9.18. The molecule has 4 nitrogen and oxygen atoms in total.